The molecule has 3 aliphatic rings. The number of hydrogen-bond acceptors (Lipinski definition) is 5. The van der Waals surface area contributed by atoms with Crippen molar-refractivity contribution in [1.82, 2.24) is 15.1 Å². The van der Waals surface area contributed by atoms with Crippen molar-refractivity contribution in [3.63, 3.8) is 0 Å². The second-order valence-electron chi connectivity index (χ2n) is 8.57. The first-order valence-electron chi connectivity index (χ1n) is 10.8. The topological polar surface area (TPSA) is 99.2 Å². The Bertz CT molecular complexity index is 1090. The third-order valence-corrected chi connectivity index (χ3v) is 6.56. The number of carbonyl (C=O) groups is 3. The Kier molecular flexibility index (Phi) is 5.09. The summed E-state index contributed by atoms with van der Waals surface area (Å²) in [5, 5.41) is 13.2. The Morgan fingerprint density at radius 2 is 1.91 bits per heavy atom. The molecule has 4 atom stereocenters. The van der Waals surface area contributed by atoms with Gasteiger partial charge in [-0.25, -0.2) is 0 Å². The van der Waals surface area contributed by atoms with Gasteiger partial charge in [0.15, 0.2) is 0 Å². The van der Waals surface area contributed by atoms with Crippen molar-refractivity contribution in [1.29, 1.82) is 0 Å². The Balaban J connectivity index is 1.30. The lowest BCUT2D eigenvalue weighted by molar-refractivity contribution is -0.142. The van der Waals surface area contributed by atoms with Crippen molar-refractivity contribution in [2.45, 2.75) is 44.1 Å². The molecule has 0 radical (unpaired) electrons. The Hall–Kier alpha value is -3.39. The fourth-order valence-electron chi connectivity index (χ4n) is 4.82. The summed E-state index contributed by atoms with van der Waals surface area (Å²) in [5.74, 6) is -0.130. The van der Waals surface area contributed by atoms with E-state index in [2.05, 4.69) is 5.32 Å². The maximum Gasteiger partial charge on any atom is 0.255 e. The summed E-state index contributed by atoms with van der Waals surface area (Å²) >= 11 is 0. The van der Waals surface area contributed by atoms with Gasteiger partial charge in [0.05, 0.1) is 12.1 Å². The van der Waals surface area contributed by atoms with Crippen LogP contribution in [0.5, 0.6) is 5.75 Å². The van der Waals surface area contributed by atoms with Crippen LogP contribution in [-0.4, -0.2) is 64.0 Å². The maximum absolute atomic E-state index is 13.3. The van der Waals surface area contributed by atoms with Gasteiger partial charge >= 0.3 is 0 Å². The number of ether oxygens (including phenoxy) is 1. The zero-order valence-electron chi connectivity index (χ0n) is 17.7. The van der Waals surface area contributed by atoms with Crippen molar-refractivity contribution >= 4 is 17.7 Å². The molecule has 0 spiro atoms. The average Bonchev–Trinajstić information content (AvgIpc) is 3.49. The van der Waals surface area contributed by atoms with Crippen LogP contribution in [0.3, 0.4) is 0 Å². The van der Waals surface area contributed by atoms with Crippen LogP contribution >= 0.6 is 0 Å². The molecule has 1 saturated heterocycles. The van der Waals surface area contributed by atoms with Crippen molar-refractivity contribution < 1.29 is 24.2 Å². The third kappa shape index (κ3) is 3.40. The molecule has 0 bridgehead atoms. The van der Waals surface area contributed by atoms with Gasteiger partial charge in [0.25, 0.3) is 5.91 Å². The van der Waals surface area contributed by atoms with Gasteiger partial charge in [0.1, 0.15) is 24.4 Å². The summed E-state index contributed by atoms with van der Waals surface area (Å²) in [6.45, 7) is 2.41. The van der Waals surface area contributed by atoms with E-state index in [0.29, 0.717) is 18.7 Å². The number of β-amino-alcohol motifs (C(OH)–C–C–N with tert-alkyl or cyclic N) is 1. The van der Waals surface area contributed by atoms with Crippen LogP contribution in [0, 0.1) is 0 Å². The number of nitrogens with one attached hydrogen (secondary N) is 1. The first-order chi connectivity index (χ1) is 15.4. The third-order valence-electron chi connectivity index (χ3n) is 6.56. The van der Waals surface area contributed by atoms with Crippen molar-refractivity contribution in [2.24, 2.45) is 0 Å². The molecule has 0 saturated carbocycles. The molecule has 3 heterocycles. The number of amides is 3. The van der Waals surface area contributed by atoms with Crippen LogP contribution in [0.1, 0.15) is 40.9 Å². The smallest absolute Gasteiger partial charge is 0.255 e. The molecule has 8 heteroatoms. The lowest BCUT2D eigenvalue weighted by Gasteiger charge is -2.31. The highest BCUT2D eigenvalue weighted by Crippen LogP contribution is 2.32. The number of carbonyl (C=O) groups excluding carboxylic acids is 3. The molecule has 1 fully saturated rings. The van der Waals surface area contributed by atoms with Crippen LogP contribution in [0.2, 0.25) is 0 Å². The first-order valence-corrected chi connectivity index (χ1v) is 10.8. The van der Waals surface area contributed by atoms with E-state index in [9.17, 15) is 19.5 Å². The number of para-hydroxylation sites is 1. The van der Waals surface area contributed by atoms with Gasteiger partial charge in [-0.2, -0.15) is 0 Å². The highest BCUT2D eigenvalue weighted by molar-refractivity contribution is 6.01. The van der Waals surface area contributed by atoms with Crippen LogP contribution < -0.4 is 10.1 Å². The van der Waals surface area contributed by atoms with E-state index in [1.807, 2.05) is 36.4 Å². The summed E-state index contributed by atoms with van der Waals surface area (Å²) in [4.78, 5) is 42.2. The van der Waals surface area contributed by atoms with Crippen LogP contribution in [0.25, 0.3) is 0 Å². The summed E-state index contributed by atoms with van der Waals surface area (Å²) < 4.78 is 5.63. The van der Waals surface area contributed by atoms with E-state index >= 15 is 0 Å². The number of benzene rings is 2. The molecule has 0 aliphatic carbocycles. The number of fused-ring (bicyclic) bond motifs is 2. The minimum Gasteiger partial charge on any atom is -0.491 e. The molecule has 3 aliphatic heterocycles. The van der Waals surface area contributed by atoms with Crippen molar-refractivity contribution in [3.05, 3.63) is 65.2 Å². The predicted octanol–water partition coefficient (Wildman–Crippen LogP) is 1.24. The lowest BCUT2D eigenvalue weighted by Crippen LogP contribution is -2.53. The number of aliphatic hydroxyl groups is 1. The molecule has 32 heavy (non-hydrogen) atoms. The molecule has 2 N–H and O–H groups in total. The monoisotopic (exact) mass is 435 g/mol. The fraction of sp³-hybridized carbons (Fsp3) is 0.375. The normalized spacial score (nSPS) is 24.7. The van der Waals surface area contributed by atoms with E-state index in [1.54, 1.807) is 19.1 Å². The molecule has 1 unspecified atom stereocenters. The molecule has 0 aromatic heterocycles. The summed E-state index contributed by atoms with van der Waals surface area (Å²) in [5.41, 5.74) is 2.38. The fourth-order valence-corrected chi connectivity index (χ4v) is 4.82. The minimum absolute atomic E-state index is 0.0635. The zero-order valence-corrected chi connectivity index (χ0v) is 17.7. The van der Waals surface area contributed by atoms with Gasteiger partial charge in [-0.15, -0.1) is 0 Å². The van der Waals surface area contributed by atoms with Gasteiger partial charge in [-0.3, -0.25) is 14.4 Å². The van der Waals surface area contributed by atoms with Crippen molar-refractivity contribution in [2.75, 3.05) is 13.2 Å². The number of likely N-dealkylation sites (tertiary alicyclic amines) is 1. The van der Waals surface area contributed by atoms with E-state index in [0.717, 1.165) is 16.9 Å². The number of rotatable bonds is 4. The lowest BCUT2D eigenvalue weighted by atomic mass is 10.1. The van der Waals surface area contributed by atoms with Crippen LogP contribution in [-0.2, 0) is 16.1 Å². The second kappa shape index (κ2) is 7.94. The van der Waals surface area contributed by atoms with Crippen molar-refractivity contribution in [3.8, 4) is 5.75 Å². The van der Waals surface area contributed by atoms with Gasteiger partial charge in [0, 0.05) is 30.6 Å². The van der Waals surface area contributed by atoms with Gasteiger partial charge in [0.2, 0.25) is 11.8 Å². The summed E-state index contributed by atoms with van der Waals surface area (Å²) in [6.07, 6.45) is -0.631. The molecule has 5 rings (SSSR count). The van der Waals surface area contributed by atoms with Crippen LogP contribution in [0.15, 0.2) is 48.5 Å². The first kappa shape index (κ1) is 20.5. The molecule has 3 amide bonds. The molecular formula is C24H25N3O5. The maximum atomic E-state index is 13.3. The summed E-state index contributed by atoms with van der Waals surface area (Å²) in [6, 6.07) is 13.0. The molecule has 2 aromatic carbocycles. The minimum atomic E-state index is -0.798. The van der Waals surface area contributed by atoms with E-state index in [1.165, 1.54) is 9.80 Å². The standard InChI is InChI=1S/C24H25N3O5/c1-14(26-11-15-6-2-3-7-17(15)24(26)31)23(30)27-12-16(28)10-20(27)22(29)25-19-13-32-21-9-5-4-8-18(19)21/h2-9,14,16,19-20,28H,10-13H2,1H3,(H,25,29)/t14-,16+,19?,20-/m0/s1. The second-order valence-corrected chi connectivity index (χ2v) is 8.57. The zero-order chi connectivity index (χ0) is 22.4. The number of aliphatic hydroxyl groups excluding tert-OH is 1. The van der Waals surface area contributed by atoms with Gasteiger partial charge < -0.3 is 25.0 Å². The molecule has 8 nitrogen and oxygen atoms in total. The summed E-state index contributed by atoms with van der Waals surface area (Å²) in [7, 11) is 0. The van der Waals surface area contributed by atoms with E-state index in [-0.39, 0.29) is 36.7 Å². The SMILES string of the molecule is C[C@@H](C(=O)N1C[C@H](O)C[C@H]1C(=O)NC1COc2ccccc21)N1Cc2ccccc2C1=O. The Morgan fingerprint density at radius 3 is 2.72 bits per heavy atom. The molecule has 2 aromatic rings. The largest absolute Gasteiger partial charge is 0.491 e. The quantitative estimate of drug-likeness (QED) is 0.753. The van der Waals surface area contributed by atoms with Crippen LogP contribution in [0.4, 0.5) is 0 Å². The molecule has 166 valence electrons. The number of hydrogen-bond donors (Lipinski definition) is 2. The van der Waals surface area contributed by atoms with E-state index < -0.39 is 18.2 Å². The Morgan fingerprint density at radius 1 is 1.16 bits per heavy atom. The highest BCUT2D eigenvalue weighted by atomic mass is 16.5. The predicted molar refractivity (Wildman–Crippen MR) is 115 cm³/mol. The highest BCUT2D eigenvalue weighted by Gasteiger charge is 2.44. The van der Waals surface area contributed by atoms with E-state index in [4.69, 9.17) is 4.74 Å². The number of nitrogens with zero attached hydrogens (tertiary/aromatic N) is 2. The van der Waals surface area contributed by atoms with Gasteiger partial charge in [-0.05, 0) is 24.6 Å². The Labute approximate surface area is 185 Å². The van der Waals surface area contributed by atoms with Gasteiger partial charge in [-0.1, -0.05) is 36.4 Å². The average molecular weight is 435 g/mol. The molecular weight excluding hydrogens is 410 g/mol.